The first-order valence-electron chi connectivity index (χ1n) is 11.0. The normalized spacial score (nSPS) is 16.3. The van der Waals surface area contributed by atoms with Crippen LogP contribution in [0.1, 0.15) is 41.5 Å². The molecule has 2 aliphatic heterocycles. The molecule has 0 saturated heterocycles. The monoisotopic (exact) mass is 542 g/mol. The summed E-state index contributed by atoms with van der Waals surface area (Å²) in [6.45, 7) is 10.0. The van der Waals surface area contributed by atoms with Gasteiger partial charge in [-0.15, -0.1) is 5.01 Å². The van der Waals surface area contributed by atoms with Crippen molar-refractivity contribution in [2.45, 2.75) is 52.7 Å². The second kappa shape index (κ2) is 13.7. The van der Waals surface area contributed by atoms with Gasteiger partial charge in [-0.25, -0.2) is 40.9 Å². The molecular weight excluding hydrogens is 508 g/mol. The van der Waals surface area contributed by atoms with Crippen molar-refractivity contribution in [1.82, 2.24) is 25.9 Å². The number of ether oxygens (including phenoxy) is 2. The van der Waals surface area contributed by atoms with E-state index in [1.807, 2.05) is 0 Å². The van der Waals surface area contributed by atoms with E-state index in [9.17, 15) is 19.2 Å². The lowest BCUT2D eigenvalue weighted by Gasteiger charge is -2.32. The van der Waals surface area contributed by atoms with Gasteiger partial charge in [0.15, 0.2) is 0 Å². The number of hydrogen-bond acceptors (Lipinski definition) is 13. The Kier molecular flexibility index (Phi) is 11.4. The molecule has 6 amide bonds. The van der Waals surface area contributed by atoms with Crippen LogP contribution in [0.5, 0.6) is 0 Å². The van der Waals surface area contributed by atoms with Gasteiger partial charge in [0.2, 0.25) is 0 Å². The highest BCUT2D eigenvalue weighted by Gasteiger charge is 2.36. The standard InChI is InChI=1S/C15H25N5O6.C5H9N5O2/c1-14(2,3)25-11(21)18-19-9-10(8-16-24-7)17-20(12(19)22)13(23)26-15(4,5)6;1-12-7-2-4-3-10(6)5(11)9-8-4/h8H,9H2,1-7H3,(H,18,21);2H,3,6H2,1H3,(H,9,11)/b16-8+;7-2+. The average molecular weight is 543 g/mol. The minimum absolute atomic E-state index is 0.149. The summed E-state index contributed by atoms with van der Waals surface area (Å²) < 4.78 is 10.3. The minimum Gasteiger partial charge on any atom is -0.443 e. The molecule has 0 radical (unpaired) electrons. The summed E-state index contributed by atoms with van der Waals surface area (Å²) in [7, 11) is 2.74. The van der Waals surface area contributed by atoms with Crippen molar-refractivity contribution in [3.05, 3.63) is 0 Å². The Morgan fingerprint density at radius 1 is 0.974 bits per heavy atom. The number of carbonyl (C=O) groups excluding carboxylic acids is 4. The van der Waals surface area contributed by atoms with Crippen LogP contribution in [-0.4, -0.2) is 102 Å². The number of imide groups is 1. The Morgan fingerprint density at radius 3 is 2.03 bits per heavy atom. The number of hydrazone groups is 2. The van der Waals surface area contributed by atoms with Gasteiger partial charge in [-0.05, 0) is 41.5 Å². The average Bonchev–Trinajstić information content (AvgIpc) is 2.78. The first-order valence-corrected chi connectivity index (χ1v) is 11.0. The van der Waals surface area contributed by atoms with Crippen molar-refractivity contribution in [1.29, 1.82) is 0 Å². The molecule has 18 nitrogen and oxygen atoms in total. The highest BCUT2D eigenvalue weighted by Crippen LogP contribution is 2.14. The van der Waals surface area contributed by atoms with Crippen LogP contribution in [0.4, 0.5) is 19.2 Å². The molecule has 38 heavy (non-hydrogen) atoms. The van der Waals surface area contributed by atoms with E-state index >= 15 is 0 Å². The Labute approximate surface area is 219 Å². The Hall–Kier alpha value is -4.48. The zero-order chi connectivity index (χ0) is 29.1. The third-order valence-electron chi connectivity index (χ3n) is 3.65. The van der Waals surface area contributed by atoms with E-state index in [0.717, 1.165) is 10.0 Å². The van der Waals surface area contributed by atoms with Gasteiger partial charge in [-0.1, -0.05) is 10.3 Å². The van der Waals surface area contributed by atoms with Gasteiger partial charge >= 0.3 is 24.2 Å². The highest BCUT2D eigenvalue weighted by atomic mass is 16.6. The fourth-order valence-electron chi connectivity index (χ4n) is 2.30. The molecule has 0 unspecified atom stereocenters. The molecule has 212 valence electrons. The third-order valence-corrected chi connectivity index (χ3v) is 3.65. The molecule has 0 aromatic carbocycles. The van der Waals surface area contributed by atoms with Crippen LogP contribution < -0.4 is 16.7 Å². The molecule has 2 rings (SSSR count). The summed E-state index contributed by atoms with van der Waals surface area (Å²) in [5.74, 6) is 5.28. The number of rotatable bonds is 5. The lowest BCUT2D eigenvalue weighted by Crippen LogP contribution is -2.58. The largest absolute Gasteiger partial charge is 0.443 e. The van der Waals surface area contributed by atoms with Gasteiger partial charge in [0, 0.05) is 0 Å². The summed E-state index contributed by atoms with van der Waals surface area (Å²) in [6, 6.07) is -1.34. The number of hydrazine groups is 2. The Morgan fingerprint density at radius 2 is 1.53 bits per heavy atom. The first kappa shape index (κ1) is 31.5. The summed E-state index contributed by atoms with van der Waals surface area (Å²) in [5, 5.41) is 16.9. The molecule has 0 atom stereocenters. The summed E-state index contributed by atoms with van der Waals surface area (Å²) in [6.07, 6.45) is 0.716. The second-order valence-corrected chi connectivity index (χ2v) is 9.35. The molecule has 18 heteroatoms. The van der Waals surface area contributed by atoms with Gasteiger partial charge in [-0.3, -0.25) is 5.01 Å². The Bertz CT molecular complexity index is 997. The number of nitrogens with two attached hydrogens (primary N) is 1. The van der Waals surface area contributed by atoms with Crippen molar-refractivity contribution in [3.63, 3.8) is 0 Å². The number of amides is 6. The van der Waals surface area contributed by atoms with Crippen molar-refractivity contribution in [2.75, 3.05) is 27.3 Å². The third kappa shape index (κ3) is 11.5. The lowest BCUT2D eigenvalue weighted by atomic mass is 10.2. The van der Waals surface area contributed by atoms with Crippen molar-refractivity contribution in [2.24, 2.45) is 26.4 Å². The van der Waals surface area contributed by atoms with Gasteiger partial charge in [0.1, 0.15) is 36.8 Å². The number of oxime groups is 2. The number of hydrogen-bond donors (Lipinski definition) is 3. The van der Waals surface area contributed by atoms with Crippen molar-refractivity contribution >= 4 is 48.1 Å². The van der Waals surface area contributed by atoms with Gasteiger partial charge in [-0.2, -0.15) is 10.2 Å². The van der Waals surface area contributed by atoms with Crippen LogP contribution in [0.25, 0.3) is 0 Å². The molecular formula is C20H34N10O8. The topological polar surface area (TPSA) is 214 Å². The van der Waals surface area contributed by atoms with E-state index < -0.39 is 35.5 Å². The number of nitrogens with one attached hydrogen (secondary N) is 2. The molecule has 0 fully saturated rings. The fourth-order valence-corrected chi connectivity index (χ4v) is 2.30. The van der Waals surface area contributed by atoms with Crippen molar-refractivity contribution in [3.8, 4) is 0 Å². The number of urea groups is 2. The summed E-state index contributed by atoms with van der Waals surface area (Å²) in [5.41, 5.74) is 3.56. The molecule has 0 aliphatic carbocycles. The fraction of sp³-hybridized carbons (Fsp3) is 0.600. The van der Waals surface area contributed by atoms with E-state index in [0.29, 0.717) is 10.7 Å². The maximum atomic E-state index is 12.5. The molecule has 0 saturated carbocycles. The van der Waals surface area contributed by atoms with Gasteiger partial charge in [0.05, 0.1) is 25.5 Å². The zero-order valence-electron chi connectivity index (χ0n) is 22.5. The van der Waals surface area contributed by atoms with Gasteiger partial charge < -0.3 is 19.1 Å². The molecule has 2 heterocycles. The molecule has 0 bridgehead atoms. The number of carbonyl (C=O) groups is 4. The summed E-state index contributed by atoms with van der Waals surface area (Å²) in [4.78, 5) is 56.4. The first-order chi connectivity index (χ1) is 17.6. The van der Waals surface area contributed by atoms with Crippen molar-refractivity contribution < 1.29 is 38.3 Å². The highest BCUT2D eigenvalue weighted by molar-refractivity contribution is 6.33. The van der Waals surface area contributed by atoms with Crippen LogP contribution in [0.3, 0.4) is 0 Å². The Balaban J connectivity index is 0.000000499. The quantitative estimate of drug-likeness (QED) is 0.195. The molecule has 0 aromatic rings. The summed E-state index contributed by atoms with van der Waals surface area (Å²) >= 11 is 0. The van der Waals surface area contributed by atoms with E-state index in [2.05, 4.69) is 41.0 Å². The molecule has 0 aromatic heterocycles. The maximum absolute atomic E-state index is 12.5. The van der Waals surface area contributed by atoms with E-state index in [1.165, 1.54) is 26.6 Å². The van der Waals surface area contributed by atoms with Crippen LogP contribution in [0.15, 0.2) is 20.5 Å². The minimum atomic E-state index is -0.999. The predicted octanol–water partition coefficient (Wildman–Crippen LogP) is 0.961. The van der Waals surface area contributed by atoms with E-state index in [4.69, 9.17) is 15.3 Å². The zero-order valence-corrected chi connectivity index (χ0v) is 22.5. The van der Waals surface area contributed by atoms with Crippen LogP contribution >= 0.6 is 0 Å². The second-order valence-electron chi connectivity index (χ2n) is 9.35. The lowest BCUT2D eigenvalue weighted by molar-refractivity contribution is 0.0193. The predicted molar refractivity (Wildman–Crippen MR) is 135 cm³/mol. The number of nitrogens with zero attached hydrogens (tertiary/aromatic N) is 7. The molecule has 2 aliphatic rings. The van der Waals surface area contributed by atoms with E-state index in [-0.39, 0.29) is 18.8 Å². The maximum Gasteiger partial charge on any atom is 0.439 e. The van der Waals surface area contributed by atoms with E-state index in [1.54, 1.807) is 41.5 Å². The smallest absolute Gasteiger partial charge is 0.439 e. The molecule has 0 spiro atoms. The molecule has 4 N–H and O–H groups in total. The van der Waals surface area contributed by atoms with Crippen LogP contribution in [0, 0.1) is 0 Å². The van der Waals surface area contributed by atoms with Gasteiger partial charge in [0.25, 0.3) is 0 Å². The van der Waals surface area contributed by atoms with Crippen LogP contribution in [-0.2, 0) is 19.1 Å². The SMILES string of the molecule is CO/N=C/C1=NN(C(=O)OC(C)(C)C)C(=O)N(NC(=O)OC(C)(C)C)C1.CO/N=C/C1=NNC(=O)N(N)C1. The van der Waals surface area contributed by atoms with Crippen LogP contribution in [0.2, 0.25) is 0 Å².